The highest BCUT2D eigenvalue weighted by Gasteiger charge is 2.10. The Hall–Kier alpha value is -1.53. The average molecular weight is 356 g/mol. The van der Waals surface area contributed by atoms with E-state index < -0.39 is 11.8 Å². The molecular formula is C14H11BrFNO2S. The summed E-state index contributed by atoms with van der Waals surface area (Å²) < 4.78 is 14.5. The van der Waals surface area contributed by atoms with E-state index in [1.807, 2.05) is 6.07 Å². The van der Waals surface area contributed by atoms with Gasteiger partial charge in [-0.1, -0.05) is 0 Å². The summed E-state index contributed by atoms with van der Waals surface area (Å²) in [4.78, 5) is 11.8. The van der Waals surface area contributed by atoms with Gasteiger partial charge in [0.15, 0.2) is 0 Å². The highest BCUT2D eigenvalue weighted by Crippen LogP contribution is 2.32. The van der Waals surface area contributed by atoms with E-state index in [1.165, 1.54) is 30.0 Å². The van der Waals surface area contributed by atoms with Crippen molar-refractivity contribution < 1.29 is 14.3 Å². The molecular weight excluding hydrogens is 345 g/mol. The molecule has 2 aromatic carbocycles. The molecule has 2 rings (SSSR count). The van der Waals surface area contributed by atoms with Gasteiger partial charge in [0.05, 0.1) is 5.56 Å². The molecule has 0 unspecified atom stereocenters. The molecule has 3 nitrogen and oxygen atoms in total. The molecule has 0 aliphatic rings. The zero-order valence-corrected chi connectivity index (χ0v) is 12.7. The Balaban J connectivity index is 2.18. The minimum Gasteiger partial charge on any atom is -0.478 e. The predicted octanol–water partition coefficient (Wildman–Crippen LogP) is 4.16. The molecule has 0 heterocycles. The largest absolute Gasteiger partial charge is 0.478 e. The van der Waals surface area contributed by atoms with Crippen molar-refractivity contribution in [2.24, 2.45) is 0 Å². The summed E-state index contributed by atoms with van der Waals surface area (Å²) in [7, 11) is 0. The molecule has 0 saturated heterocycles. The lowest BCUT2D eigenvalue weighted by Gasteiger charge is -2.07. The average Bonchev–Trinajstić information content (AvgIpc) is 2.39. The van der Waals surface area contributed by atoms with Crippen LogP contribution in [0.15, 0.2) is 45.8 Å². The van der Waals surface area contributed by atoms with Crippen molar-refractivity contribution in [3.8, 4) is 0 Å². The van der Waals surface area contributed by atoms with Gasteiger partial charge < -0.3 is 10.8 Å². The van der Waals surface area contributed by atoms with Crippen LogP contribution in [0.1, 0.15) is 15.9 Å². The minimum atomic E-state index is -1.06. The molecule has 0 atom stereocenters. The number of carbonyl (C=O) groups is 1. The number of hydrogen-bond acceptors (Lipinski definition) is 3. The summed E-state index contributed by atoms with van der Waals surface area (Å²) >= 11 is 4.80. The molecule has 0 spiro atoms. The first kappa shape index (κ1) is 14.9. The topological polar surface area (TPSA) is 63.3 Å². The first-order valence-electron chi connectivity index (χ1n) is 5.67. The molecule has 0 saturated carbocycles. The highest BCUT2D eigenvalue weighted by atomic mass is 79.9. The van der Waals surface area contributed by atoms with E-state index in [-0.39, 0.29) is 5.56 Å². The van der Waals surface area contributed by atoms with Crippen LogP contribution in [-0.4, -0.2) is 11.1 Å². The first-order valence-corrected chi connectivity index (χ1v) is 7.45. The number of anilines is 1. The van der Waals surface area contributed by atoms with Gasteiger partial charge in [-0.15, -0.1) is 11.8 Å². The fourth-order valence-corrected chi connectivity index (χ4v) is 3.24. The maximum atomic E-state index is 13.7. The third-order valence-corrected chi connectivity index (χ3v) is 4.67. The van der Waals surface area contributed by atoms with Crippen LogP contribution in [0.3, 0.4) is 0 Å². The van der Waals surface area contributed by atoms with Crippen molar-refractivity contribution >= 4 is 39.3 Å². The number of halogens is 2. The van der Waals surface area contributed by atoms with Gasteiger partial charge in [0, 0.05) is 20.8 Å². The maximum Gasteiger partial charge on any atom is 0.335 e. The smallest absolute Gasteiger partial charge is 0.335 e. The molecule has 0 aromatic heterocycles. The molecule has 0 radical (unpaired) electrons. The third-order valence-electron chi connectivity index (χ3n) is 2.63. The number of benzene rings is 2. The second-order valence-corrected chi connectivity index (χ2v) is 5.96. The standard InChI is InChI=1S/C14H11BrFNO2S/c15-11-6-10(17)2-4-13(11)20-7-9-5-8(14(18)19)1-3-12(9)16/h1-6H,7,17H2,(H,18,19). The quantitative estimate of drug-likeness (QED) is 0.638. The molecule has 0 aliphatic heterocycles. The first-order chi connectivity index (χ1) is 9.47. The number of rotatable bonds is 4. The zero-order valence-electron chi connectivity index (χ0n) is 10.3. The second kappa shape index (κ2) is 6.28. The number of carboxylic acid groups (broad SMARTS) is 1. The monoisotopic (exact) mass is 355 g/mol. The van der Waals surface area contributed by atoms with Crippen LogP contribution in [0.25, 0.3) is 0 Å². The Bertz CT molecular complexity index is 664. The number of aromatic carboxylic acids is 1. The fourth-order valence-electron chi connectivity index (χ4n) is 1.61. The van der Waals surface area contributed by atoms with Gasteiger partial charge in [-0.25, -0.2) is 9.18 Å². The summed E-state index contributed by atoms with van der Waals surface area (Å²) in [6.45, 7) is 0. The lowest BCUT2D eigenvalue weighted by atomic mass is 10.1. The van der Waals surface area contributed by atoms with Crippen molar-refractivity contribution in [2.45, 2.75) is 10.6 Å². The molecule has 104 valence electrons. The van der Waals surface area contributed by atoms with Crippen molar-refractivity contribution in [1.29, 1.82) is 0 Å². The Morgan fingerprint density at radius 3 is 2.70 bits per heavy atom. The summed E-state index contributed by atoms with van der Waals surface area (Å²) in [5.41, 5.74) is 6.73. The van der Waals surface area contributed by atoms with Gasteiger partial charge in [-0.05, 0) is 57.9 Å². The van der Waals surface area contributed by atoms with Gasteiger partial charge in [0.2, 0.25) is 0 Å². The Kier molecular flexibility index (Phi) is 4.67. The van der Waals surface area contributed by atoms with E-state index in [9.17, 15) is 9.18 Å². The molecule has 2 aromatic rings. The van der Waals surface area contributed by atoms with Crippen molar-refractivity contribution in [2.75, 3.05) is 5.73 Å². The summed E-state index contributed by atoms with van der Waals surface area (Å²) in [5, 5.41) is 8.91. The Morgan fingerprint density at radius 2 is 2.05 bits per heavy atom. The Morgan fingerprint density at radius 1 is 1.30 bits per heavy atom. The second-order valence-electron chi connectivity index (χ2n) is 4.09. The molecule has 6 heteroatoms. The molecule has 0 bridgehead atoms. The fraction of sp³-hybridized carbons (Fsp3) is 0.0714. The van der Waals surface area contributed by atoms with Gasteiger partial charge in [-0.3, -0.25) is 0 Å². The lowest BCUT2D eigenvalue weighted by molar-refractivity contribution is 0.0696. The predicted molar refractivity (Wildman–Crippen MR) is 81.5 cm³/mol. The van der Waals surface area contributed by atoms with E-state index in [0.29, 0.717) is 17.0 Å². The van der Waals surface area contributed by atoms with Crippen LogP contribution in [0.2, 0.25) is 0 Å². The van der Waals surface area contributed by atoms with Crippen LogP contribution >= 0.6 is 27.7 Å². The van der Waals surface area contributed by atoms with Crippen LogP contribution in [0.4, 0.5) is 10.1 Å². The number of nitrogens with two attached hydrogens (primary N) is 1. The SMILES string of the molecule is Nc1ccc(SCc2cc(C(=O)O)ccc2F)c(Br)c1. The van der Waals surface area contributed by atoms with Crippen LogP contribution < -0.4 is 5.73 Å². The van der Waals surface area contributed by atoms with Crippen molar-refractivity contribution in [3.63, 3.8) is 0 Å². The number of carboxylic acids is 1. The normalized spacial score (nSPS) is 10.5. The lowest BCUT2D eigenvalue weighted by Crippen LogP contribution is -1.99. The molecule has 0 aliphatic carbocycles. The number of nitrogen functional groups attached to an aromatic ring is 1. The highest BCUT2D eigenvalue weighted by molar-refractivity contribution is 9.10. The van der Waals surface area contributed by atoms with E-state index in [0.717, 1.165) is 9.37 Å². The van der Waals surface area contributed by atoms with Crippen LogP contribution in [0.5, 0.6) is 0 Å². The van der Waals surface area contributed by atoms with Crippen molar-refractivity contribution in [3.05, 3.63) is 57.8 Å². The van der Waals surface area contributed by atoms with E-state index in [1.54, 1.807) is 12.1 Å². The van der Waals surface area contributed by atoms with Gasteiger partial charge in [0.1, 0.15) is 5.82 Å². The molecule has 0 fully saturated rings. The number of hydrogen-bond donors (Lipinski definition) is 2. The van der Waals surface area contributed by atoms with Crippen LogP contribution in [0, 0.1) is 5.82 Å². The maximum absolute atomic E-state index is 13.7. The van der Waals surface area contributed by atoms with Crippen LogP contribution in [-0.2, 0) is 5.75 Å². The molecule has 3 N–H and O–H groups in total. The Labute approximate surface area is 128 Å². The zero-order chi connectivity index (χ0) is 14.7. The number of thioether (sulfide) groups is 1. The van der Waals surface area contributed by atoms with E-state index >= 15 is 0 Å². The summed E-state index contributed by atoms with van der Waals surface area (Å²) in [5.74, 6) is -1.13. The molecule has 20 heavy (non-hydrogen) atoms. The summed E-state index contributed by atoms with van der Waals surface area (Å²) in [6.07, 6.45) is 0. The molecule has 0 amide bonds. The summed E-state index contributed by atoms with van der Waals surface area (Å²) in [6, 6.07) is 9.16. The van der Waals surface area contributed by atoms with Gasteiger partial charge >= 0.3 is 5.97 Å². The van der Waals surface area contributed by atoms with Gasteiger partial charge in [0.25, 0.3) is 0 Å². The minimum absolute atomic E-state index is 0.0818. The van der Waals surface area contributed by atoms with Gasteiger partial charge in [-0.2, -0.15) is 0 Å². The third kappa shape index (κ3) is 3.52. The van der Waals surface area contributed by atoms with Crippen molar-refractivity contribution in [1.82, 2.24) is 0 Å². The van der Waals surface area contributed by atoms with E-state index in [2.05, 4.69) is 15.9 Å². The van der Waals surface area contributed by atoms with E-state index in [4.69, 9.17) is 10.8 Å².